The summed E-state index contributed by atoms with van der Waals surface area (Å²) < 4.78 is 25.3. The van der Waals surface area contributed by atoms with E-state index in [-0.39, 0.29) is 0 Å². The molecule has 0 aliphatic heterocycles. The second-order valence-electron chi connectivity index (χ2n) is 2.72. The number of hydrogen-bond donors (Lipinski definition) is 0. The number of aromatic nitrogens is 1. The van der Waals surface area contributed by atoms with Crippen LogP contribution in [0.5, 0.6) is 0 Å². The molecule has 6 nitrogen and oxygen atoms in total. The van der Waals surface area contributed by atoms with Crippen LogP contribution in [0.1, 0.15) is 28.0 Å². The number of hydrogen-bond acceptors (Lipinski definition) is 5. The predicted octanol–water partition coefficient (Wildman–Crippen LogP) is 2.18. The summed E-state index contributed by atoms with van der Waals surface area (Å²) in [5.74, 6) is 0. The van der Waals surface area contributed by atoms with Crippen molar-refractivity contribution in [3.8, 4) is 6.07 Å². The first-order valence-electron chi connectivity index (χ1n) is 3.95. The van der Waals surface area contributed by atoms with E-state index in [2.05, 4.69) is 4.98 Å². The average Bonchev–Trinajstić information content (AvgIpc) is 2.26. The molecule has 0 aliphatic carbocycles. The van der Waals surface area contributed by atoms with Gasteiger partial charge in [0.15, 0.2) is 5.69 Å². The van der Waals surface area contributed by atoms with Crippen molar-refractivity contribution in [1.82, 2.24) is 4.98 Å². The molecule has 0 unspecified atom stereocenters. The third-order valence-electron chi connectivity index (χ3n) is 1.81. The second kappa shape index (κ2) is 4.80. The van der Waals surface area contributed by atoms with Crippen LogP contribution in [0.15, 0.2) is 6.20 Å². The Morgan fingerprint density at radius 1 is 1.65 bits per heavy atom. The second-order valence-corrected chi connectivity index (χ2v) is 3.07. The molecule has 0 N–H and O–H groups in total. The van der Waals surface area contributed by atoms with Gasteiger partial charge >= 0.3 is 0 Å². The number of rotatable bonds is 3. The van der Waals surface area contributed by atoms with Gasteiger partial charge in [-0.2, -0.15) is 5.26 Å². The molecular formula is C8H2ClF2N3O3. The molecule has 0 amide bonds. The Morgan fingerprint density at radius 2 is 2.24 bits per heavy atom. The summed E-state index contributed by atoms with van der Waals surface area (Å²) in [7, 11) is 0. The van der Waals surface area contributed by atoms with Gasteiger partial charge in [0.25, 0.3) is 17.4 Å². The number of halogens is 3. The molecule has 0 radical (unpaired) electrons. The smallest absolute Gasteiger partial charge is 0.275 e. The lowest BCUT2D eigenvalue weighted by atomic mass is 10.1. The molecule has 0 spiro atoms. The fourth-order valence-corrected chi connectivity index (χ4v) is 1.36. The third kappa shape index (κ3) is 2.34. The molecule has 0 atom stereocenters. The lowest BCUT2D eigenvalue weighted by Gasteiger charge is -2.06. The highest BCUT2D eigenvalue weighted by molar-refractivity contribution is 6.68. The summed E-state index contributed by atoms with van der Waals surface area (Å²) in [5.41, 5.74) is -3.85. The van der Waals surface area contributed by atoms with Gasteiger partial charge in [0.05, 0.1) is 10.5 Å². The van der Waals surface area contributed by atoms with Crippen LogP contribution in [-0.4, -0.2) is 15.1 Å². The minimum atomic E-state index is -3.27. The summed E-state index contributed by atoms with van der Waals surface area (Å²) in [6, 6.07) is 1.31. The van der Waals surface area contributed by atoms with Crippen molar-refractivity contribution in [2.45, 2.75) is 6.43 Å². The fraction of sp³-hybridized carbons (Fsp3) is 0.125. The van der Waals surface area contributed by atoms with Gasteiger partial charge in [0, 0.05) is 0 Å². The highest BCUT2D eigenvalue weighted by Crippen LogP contribution is 2.32. The number of nitrogens with zero attached hydrogens (tertiary/aromatic N) is 3. The van der Waals surface area contributed by atoms with E-state index in [0.29, 0.717) is 6.20 Å². The standard InChI is InChI=1S/C8H2ClF2N3O3/c9-7(15)6-4(14(16)17)2-13-3(1-12)5(6)8(10)11/h2,8H. The van der Waals surface area contributed by atoms with E-state index < -0.39 is 39.1 Å². The molecule has 1 rings (SSSR count). The molecule has 0 aromatic carbocycles. The first-order chi connectivity index (χ1) is 7.90. The van der Waals surface area contributed by atoms with E-state index in [9.17, 15) is 23.7 Å². The van der Waals surface area contributed by atoms with Crippen molar-refractivity contribution in [2.24, 2.45) is 0 Å². The molecular weight excluding hydrogens is 260 g/mol. The van der Waals surface area contributed by atoms with E-state index in [1.807, 2.05) is 0 Å². The van der Waals surface area contributed by atoms with Crippen LogP contribution >= 0.6 is 11.6 Å². The zero-order valence-electron chi connectivity index (χ0n) is 7.85. The number of nitro groups is 1. The minimum Gasteiger partial charge on any atom is -0.275 e. The number of nitriles is 1. The average molecular weight is 262 g/mol. The molecule has 17 heavy (non-hydrogen) atoms. The monoisotopic (exact) mass is 261 g/mol. The summed E-state index contributed by atoms with van der Waals surface area (Å²) in [6.07, 6.45) is -2.73. The van der Waals surface area contributed by atoms with Gasteiger partial charge in [0.2, 0.25) is 0 Å². The fourth-order valence-electron chi connectivity index (χ4n) is 1.16. The molecule has 88 valence electrons. The lowest BCUT2D eigenvalue weighted by molar-refractivity contribution is -0.385. The van der Waals surface area contributed by atoms with E-state index in [4.69, 9.17) is 16.9 Å². The SMILES string of the molecule is N#Cc1ncc([N+](=O)[O-])c(C(=O)Cl)c1C(F)F. The molecule has 0 aliphatic rings. The number of pyridine rings is 1. The Balaban J connectivity index is 3.73. The number of carbonyl (C=O) groups is 1. The highest BCUT2D eigenvalue weighted by atomic mass is 35.5. The highest BCUT2D eigenvalue weighted by Gasteiger charge is 2.31. The number of carbonyl (C=O) groups excluding carboxylic acids is 1. The van der Waals surface area contributed by atoms with Crippen molar-refractivity contribution in [3.63, 3.8) is 0 Å². The molecule has 0 saturated heterocycles. The first kappa shape index (κ1) is 12.9. The van der Waals surface area contributed by atoms with E-state index in [1.165, 1.54) is 6.07 Å². The van der Waals surface area contributed by atoms with Gasteiger partial charge < -0.3 is 0 Å². The molecule has 1 aromatic rings. The van der Waals surface area contributed by atoms with Crippen LogP contribution in [-0.2, 0) is 0 Å². The van der Waals surface area contributed by atoms with E-state index >= 15 is 0 Å². The Kier molecular flexibility index (Phi) is 3.65. The normalized spacial score (nSPS) is 10.1. The van der Waals surface area contributed by atoms with Gasteiger partial charge in [-0.1, -0.05) is 0 Å². The zero-order valence-corrected chi connectivity index (χ0v) is 8.61. The van der Waals surface area contributed by atoms with Crippen LogP contribution in [0.3, 0.4) is 0 Å². The Bertz CT molecular complexity index is 542. The van der Waals surface area contributed by atoms with Crippen molar-refractivity contribution in [3.05, 3.63) is 33.1 Å². The van der Waals surface area contributed by atoms with Gasteiger partial charge in [-0.15, -0.1) is 0 Å². The quantitative estimate of drug-likeness (QED) is 0.472. The van der Waals surface area contributed by atoms with Crippen LogP contribution in [0.25, 0.3) is 0 Å². The maximum atomic E-state index is 12.7. The Hall–Kier alpha value is -2.14. The third-order valence-corrected chi connectivity index (χ3v) is 2.00. The number of alkyl halides is 2. The van der Waals surface area contributed by atoms with Crippen molar-refractivity contribution in [1.29, 1.82) is 5.26 Å². The molecule has 0 saturated carbocycles. The van der Waals surface area contributed by atoms with Crippen LogP contribution in [0.4, 0.5) is 14.5 Å². The molecule has 1 heterocycles. The summed E-state index contributed by atoms with van der Waals surface area (Å²) in [4.78, 5) is 23.6. The van der Waals surface area contributed by atoms with Crippen molar-refractivity contribution >= 4 is 22.5 Å². The van der Waals surface area contributed by atoms with E-state index in [1.54, 1.807) is 0 Å². The summed E-state index contributed by atoms with van der Waals surface area (Å²) in [6.45, 7) is 0. The molecule has 9 heteroatoms. The maximum Gasteiger partial charge on any atom is 0.300 e. The summed E-state index contributed by atoms with van der Waals surface area (Å²) in [5, 5.41) is 17.6. The predicted molar refractivity (Wildman–Crippen MR) is 50.7 cm³/mol. The first-order valence-corrected chi connectivity index (χ1v) is 4.33. The molecule has 0 fully saturated rings. The van der Waals surface area contributed by atoms with E-state index in [0.717, 1.165) is 0 Å². The lowest BCUT2D eigenvalue weighted by Crippen LogP contribution is -2.08. The topological polar surface area (TPSA) is 96.9 Å². The molecule has 1 aromatic heterocycles. The van der Waals surface area contributed by atoms with Crippen molar-refractivity contribution in [2.75, 3.05) is 0 Å². The Morgan fingerprint density at radius 3 is 2.59 bits per heavy atom. The van der Waals surface area contributed by atoms with Crippen LogP contribution in [0, 0.1) is 21.4 Å². The van der Waals surface area contributed by atoms with Crippen LogP contribution < -0.4 is 0 Å². The van der Waals surface area contributed by atoms with Gasteiger partial charge in [-0.3, -0.25) is 14.9 Å². The minimum absolute atomic E-state index is 0.542. The molecule has 0 bridgehead atoms. The van der Waals surface area contributed by atoms with Gasteiger partial charge in [-0.05, 0) is 11.6 Å². The summed E-state index contributed by atoms with van der Waals surface area (Å²) >= 11 is 5.02. The zero-order chi connectivity index (χ0) is 13.2. The van der Waals surface area contributed by atoms with Crippen molar-refractivity contribution < 1.29 is 18.5 Å². The Labute approximate surface area is 97.6 Å². The van der Waals surface area contributed by atoms with Gasteiger partial charge in [0.1, 0.15) is 17.8 Å². The van der Waals surface area contributed by atoms with Gasteiger partial charge in [-0.25, -0.2) is 13.8 Å². The maximum absolute atomic E-state index is 12.7. The van der Waals surface area contributed by atoms with Crippen LogP contribution in [0.2, 0.25) is 0 Å². The largest absolute Gasteiger partial charge is 0.300 e.